The number of carboxylic acids is 1. The average Bonchev–Trinajstić information content (AvgIpc) is 2.24. The van der Waals surface area contributed by atoms with E-state index in [4.69, 9.17) is 52.0 Å². The van der Waals surface area contributed by atoms with Gasteiger partial charge in [0.05, 0.1) is 23.7 Å². The van der Waals surface area contributed by atoms with Crippen molar-refractivity contribution in [2.24, 2.45) is 0 Å². The van der Waals surface area contributed by atoms with Crippen molar-refractivity contribution in [1.29, 1.82) is 0 Å². The second-order valence-corrected chi connectivity index (χ2v) is 3.54. The lowest BCUT2D eigenvalue weighted by atomic mass is 10.2. The number of rotatable bonds is 5. The first-order valence-electron chi connectivity index (χ1n) is 2.84. The van der Waals surface area contributed by atoms with Crippen LogP contribution in [0.25, 0.3) is 0 Å². The van der Waals surface area contributed by atoms with E-state index in [-0.39, 0.29) is 0 Å². The summed E-state index contributed by atoms with van der Waals surface area (Å²) in [6.07, 6.45) is 0. The van der Waals surface area contributed by atoms with Crippen molar-refractivity contribution in [2.75, 3.05) is 0 Å². The lowest BCUT2D eigenvalue weighted by molar-refractivity contribution is -0.168. The molecule has 0 fully saturated rings. The van der Waals surface area contributed by atoms with E-state index in [0.29, 0.717) is 0 Å². The molecule has 6 nitrogen and oxygen atoms in total. The predicted molar refractivity (Wildman–Crippen MR) is 50.6 cm³/mol. The number of halogens is 5. The molecule has 0 aliphatic carbocycles. The summed E-state index contributed by atoms with van der Waals surface area (Å²) in [4.78, 5) is 21.7. The van der Waals surface area contributed by atoms with Gasteiger partial charge in [-0.2, -0.15) is 0 Å². The number of carbonyl (C=O) groups excluding carboxylic acids is 1. The number of carbonyl (C=O) groups is 2. The highest BCUT2D eigenvalue weighted by Crippen LogP contribution is 2.41. The number of carboxylic acid groups (broad SMARTS) is 1. The summed E-state index contributed by atoms with van der Waals surface area (Å²) in [5.41, 5.74) is 0. The Morgan fingerprint density at radius 3 is 1.60 bits per heavy atom. The maximum absolute atomic E-state index is 11.0. The monoisotopic (exact) mass is 320 g/mol. The SMILES string of the molecule is O=C(O)C(Cl)(OCl)C(Cl)(OCl)C(=O)OCl. The van der Waals surface area contributed by atoms with Gasteiger partial charge in [0.1, 0.15) is 11.9 Å². The molecule has 0 bridgehead atoms. The van der Waals surface area contributed by atoms with Crippen LogP contribution in [-0.4, -0.2) is 27.2 Å². The summed E-state index contributed by atoms with van der Waals surface area (Å²) in [7, 11) is 0. The fourth-order valence-electron chi connectivity index (χ4n) is 0.482. The van der Waals surface area contributed by atoms with Gasteiger partial charge < -0.3 is 9.40 Å². The number of hydrogen-bond donors (Lipinski definition) is 1. The molecule has 0 heterocycles. The molecule has 0 saturated heterocycles. The van der Waals surface area contributed by atoms with Crippen LogP contribution >= 0.6 is 58.8 Å². The fraction of sp³-hybridized carbons (Fsp3) is 0.500. The van der Waals surface area contributed by atoms with E-state index in [0.717, 1.165) is 0 Å². The van der Waals surface area contributed by atoms with Crippen LogP contribution < -0.4 is 0 Å². The van der Waals surface area contributed by atoms with Crippen molar-refractivity contribution in [3.8, 4) is 0 Å². The highest BCUT2D eigenvalue weighted by atomic mass is 35.5. The van der Waals surface area contributed by atoms with Gasteiger partial charge in [0.2, 0.25) is 0 Å². The van der Waals surface area contributed by atoms with Crippen molar-refractivity contribution in [1.82, 2.24) is 0 Å². The van der Waals surface area contributed by atoms with E-state index < -0.39 is 22.1 Å². The molecule has 0 spiro atoms. The molecule has 15 heavy (non-hydrogen) atoms. The van der Waals surface area contributed by atoms with E-state index in [1.165, 1.54) is 0 Å². The van der Waals surface area contributed by atoms with Gasteiger partial charge in [-0.05, 0) is 0 Å². The minimum atomic E-state index is -3.02. The molecule has 1 N–H and O–H groups in total. The lowest BCUT2D eigenvalue weighted by Crippen LogP contribution is -2.57. The third-order valence-electron chi connectivity index (χ3n) is 1.23. The predicted octanol–water partition coefficient (Wildman–Crippen LogP) is 1.98. The zero-order valence-electron chi connectivity index (χ0n) is 6.38. The van der Waals surface area contributed by atoms with Crippen LogP contribution in [0, 0.1) is 0 Å². The quantitative estimate of drug-likeness (QED) is 0.779. The van der Waals surface area contributed by atoms with Gasteiger partial charge in [-0.3, -0.25) is 0 Å². The fourth-order valence-corrected chi connectivity index (χ4v) is 1.33. The number of aliphatic carboxylic acids is 1. The van der Waals surface area contributed by atoms with E-state index in [1.54, 1.807) is 0 Å². The first kappa shape index (κ1) is 15.3. The topological polar surface area (TPSA) is 82.1 Å². The van der Waals surface area contributed by atoms with Gasteiger partial charge >= 0.3 is 22.1 Å². The Bertz CT molecular complexity index is 272. The second-order valence-electron chi connectivity index (χ2n) is 2.01. The average molecular weight is 322 g/mol. The Hall–Kier alpha value is 0.310. The Labute approximate surface area is 108 Å². The maximum Gasteiger partial charge on any atom is 0.379 e. The molecular formula is C4HCl5O6. The van der Waals surface area contributed by atoms with Gasteiger partial charge in [0.15, 0.2) is 0 Å². The van der Waals surface area contributed by atoms with Gasteiger partial charge in [-0.25, -0.2) is 18.2 Å². The minimum absolute atomic E-state index is 1.63. The van der Waals surface area contributed by atoms with Gasteiger partial charge in [-0.1, -0.05) is 23.2 Å². The molecule has 2 atom stereocenters. The molecule has 0 radical (unpaired) electrons. The first-order chi connectivity index (χ1) is 6.80. The normalized spacial score (nSPS) is 18.7. The molecule has 0 aromatic carbocycles. The maximum atomic E-state index is 11.0. The highest BCUT2D eigenvalue weighted by molar-refractivity contribution is 6.48. The standard InChI is InChI=1S/C4HCl5O6/c5-3(14-8,1(10)11)4(6,15-9)2(12)13-7/h(H,10,11). The van der Waals surface area contributed by atoms with Crippen LogP contribution in [0.5, 0.6) is 0 Å². The summed E-state index contributed by atoms with van der Waals surface area (Å²) in [5.74, 6) is -3.57. The van der Waals surface area contributed by atoms with Crippen molar-refractivity contribution in [3.63, 3.8) is 0 Å². The van der Waals surface area contributed by atoms with Crippen molar-refractivity contribution in [2.45, 2.75) is 10.1 Å². The van der Waals surface area contributed by atoms with Crippen molar-refractivity contribution in [3.05, 3.63) is 0 Å². The third kappa shape index (κ3) is 2.52. The molecule has 2 unspecified atom stereocenters. The minimum Gasteiger partial charge on any atom is -0.478 e. The van der Waals surface area contributed by atoms with Crippen LogP contribution in [0.1, 0.15) is 0 Å². The van der Waals surface area contributed by atoms with Crippen LogP contribution in [0.3, 0.4) is 0 Å². The molecule has 11 heteroatoms. The van der Waals surface area contributed by atoms with Crippen LogP contribution in [0.2, 0.25) is 0 Å². The molecule has 88 valence electrons. The van der Waals surface area contributed by atoms with Crippen LogP contribution in [0.4, 0.5) is 0 Å². The van der Waals surface area contributed by atoms with Crippen LogP contribution in [-0.2, 0) is 22.5 Å². The molecule has 0 aliphatic rings. The van der Waals surface area contributed by atoms with Gasteiger partial charge in [0.25, 0.3) is 0 Å². The molecule has 0 amide bonds. The molecule has 0 aromatic heterocycles. The molecular weight excluding hydrogens is 321 g/mol. The smallest absolute Gasteiger partial charge is 0.379 e. The second kappa shape index (κ2) is 5.58. The van der Waals surface area contributed by atoms with Gasteiger partial charge in [0, 0.05) is 0 Å². The number of hydrogen-bond acceptors (Lipinski definition) is 5. The summed E-state index contributed by atoms with van der Waals surface area (Å²) < 4.78 is 11.3. The molecule has 0 rings (SSSR count). The van der Waals surface area contributed by atoms with Crippen molar-refractivity contribution >= 4 is 70.7 Å². The van der Waals surface area contributed by atoms with E-state index in [2.05, 4.69) is 24.7 Å². The molecule has 0 aliphatic heterocycles. The summed E-state index contributed by atoms with van der Waals surface area (Å²) in [5, 5.41) is 2.64. The summed E-state index contributed by atoms with van der Waals surface area (Å²) >= 11 is 24.9. The Balaban J connectivity index is 5.42. The van der Waals surface area contributed by atoms with Crippen molar-refractivity contribution < 1.29 is 27.6 Å². The zero-order valence-corrected chi connectivity index (χ0v) is 10.2. The Morgan fingerprint density at radius 1 is 1.00 bits per heavy atom. The zero-order chi connectivity index (χ0) is 12.3. The summed E-state index contributed by atoms with van der Waals surface area (Å²) in [6.45, 7) is 0. The Kier molecular flexibility index (Phi) is 5.70. The number of alkyl halides is 2. The lowest BCUT2D eigenvalue weighted by Gasteiger charge is -2.29. The van der Waals surface area contributed by atoms with Gasteiger partial charge in [-0.15, -0.1) is 0 Å². The Morgan fingerprint density at radius 2 is 1.40 bits per heavy atom. The molecule has 0 aromatic rings. The first-order valence-corrected chi connectivity index (χ1v) is 4.52. The highest BCUT2D eigenvalue weighted by Gasteiger charge is 2.66. The third-order valence-corrected chi connectivity index (χ3v) is 3.09. The summed E-state index contributed by atoms with van der Waals surface area (Å²) in [6, 6.07) is 0. The van der Waals surface area contributed by atoms with E-state index in [9.17, 15) is 9.59 Å². The van der Waals surface area contributed by atoms with E-state index in [1.807, 2.05) is 0 Å². The van der Waals surface area contributed by atoms with Crippen LogP contribution in [0.15, 0.2) is 0 Å². The molecule has 0 saturated carbocycles. The largest absolute Gasteiger partial charge is 0.478 e. The van der Waals surface area contributed by atoms with E-state index >= 15 is 0 Å².